The fourth-order valence-corrected chi connectivity index (χ4v) is 2.33. The molecule has 0 radical (unpaired) electrons. The number of rotatable bonds is 7. The summed E-state index contributed by atoms with van der Waals surface area (Å²) in [4.78, 5) is 3.61. The van der Waals surface area contributed by atoms with Crippen molar-refractivity contribution in [1.82, 2.24) is 4.90 Å². The van der Waals surface area contributed by atoms with E-state index in [1.807, 2.05) is 0 Å². The first kappa shape index (κ1) is 13.6. The fraction of sp³-hybridized carbons (Fsp3) is 0.667. The number of methoxy groups -OCH3 is 1. The molecule has 1 unspecified atom stereocenters. The van der Waals surface area contributed by atoms with E-state index in [0.717, 1.165) is 19.7 Å². The Hall–Kier alpha value is -0.420. The third kappa shape index (κ3) is 4.22. The molecule has 0 saturated carbocycles. The first-order chi connectivity index (χ1) is 7.65. The van der Waals surface area contributed by atoms with E-state index in [-0.39, 0.29) is 6.04 Å². The van der Waals surface area contributed by atoms with Gasteiger partial charge in [-0.2, -0.15) is 0 Å². The largest absolute Gasteiger partial charge is 0.383 e. The van der Waals surface area contributed by atoms with E-state index in [4.69, 9.17) is 10.5 Å². The SMILES string of the molecule is COCCN(CC(N)c1cccs1)C(C)C. The summed E-state index contributed by atoms with van der Waals surface area (Å²) < 4.78 is 5.11. The van der Waals surface area contributed by atoms with Crippen LogP contribution in [0.3, 0.4) is 0 Å². The number of hydrogen-bond donors (Lipinski definition) is 1. The van der Waals surface area contributed by atoms with Crippen molar-refractivity contribution in [3.05, 3.63) is 22.4 Å². The van der Waals surface area contributed by atoms with E-state index in [1.165, 1.54) is 4.88 Å². The summed E-state index contributed by atoms with van der Waals surface area (Å²) in [5, 5.41) is 2.07. The zero-order valence-electron chi connectivity index (χ0n) is 10.3. The molecule has 1 heterocycles. The average Bonchev–Trinajstić information content (AvgIpc) is 2.76. The third-order valence-corrected chi connectivity index (χ3v) is 3.66. The van der Waals surface area contributed by atoms with Gasteiger partial charge in [0.15, 0.2) is 0 Å². The Morgan fingerprint density at radius 3 is 2.75 bits per heavy atom. The van der Waals surface area contributed by atoms with Crippen LogP contribution in [-0.4, -0.2) is 37.7 Å². The quantitative estimate of drug-likeness (QED) is 0.796. The molecule has 0 aliphatic carbocycles. The van der Waals surface area contributed by atoms with Crippen LogP contribution in [0.5, 0.6) is 0 Å². The lowest BCUT2D eigenvalue weighted by Gasteiger charge is -2.28. The smallest absolute Gasteiger partial charge is 0.0589 e. The molecule has 0 fully saturated rings. The van der Waals surface area contributed by atoms with Gasteiger partial charge in [-0.1, -0.05) is 6.07 Å². The standard InChI is InChI=1S/C12H22N2OS/c1-10(2)14(6-7-15-3)9-11(13)12-5-4-8-16-12/h4-5,8,10-11H,6-7,9,13H2,1-3H3. The Kier molecular flexibility index (Phi) is 5.98. The van der Waals surface area contributed by atoms with Crippen molar-refractivity contribution in [2.45, 2.75) is 25.9 Å². The molecule has 0 saturated heterocycles. The van der Waals surface area contributed by atoms with Crippen LogP contribution in [0, 0.1) is 0 Å². The van der Waals surface area contributed by atoms with Gasteiger partial charge in [0.05, 0.1) is 12.6 Å². The van der Waals surface area contributed by atoms with Gasteiger partial charge in [0.1, 0.15) is 0 Å². The third-order valence-electron chi connectivity index (χ3n) is 2.65. The summed E-state index contributed by atoms with van der Waals surface area (Å²) in [6.45, 7) is 6.97. The first-order valence-electron chi connectivity index (χ1n) is 5.67. The van der Waals surface area contributed by atoms with Gasteiger partial charge in [0.25, 0.3) is 0 Å². The monoisotopic (exact) mass is 242 g/mol. The molecule has 0 aliphatic heterocycles. The van der Waals surface area contributed by atoms with Crippen molar-refractivity contribution in [3.63, 3.8) is 0 Å². The van der Waals surface area contributed by atoms with Crippen molar-refractivity contribution in [1.29, 1.82) is 0 Å². The van der Waals surface area contributed by atoms with Crippen LogP contribution < -0.4 is 5.73 Å². The van der Waals surface area contributed by atoms with Crippen LogP contribution in [0.4, 0.5) is 0 Å². The molecule has 3 nitrogen and oxygen atoms in total. The number of nitrogens with zero attached hydrogens (tertiary/aromatic N) is 1. The van der Waals surface area contributed by atoms with Crippen LogP contribution in [-0.2, 0) is 4.74 Å². The molecule has 16 heavy (non-hydrogen) atoms. The maximum atomic E-state index is 6.18. The van der Waals surface area contributed by atoms with Crippen LogP contribution in [0.1, 0.15) is 24.8 Å². The molecule has 1 aromatic rings. The number of ether oxygens (including phenoxy) is 1. The van der Waals surface area contributed by atoms with Gasteiger partial charge in [0, 0.05) is 31.1 Å². The van der Waals surface area contributed by atoms with E-state index >= 15 is 0 Å². The van der Waals surface area contributed by atoms with Gasteiger partial charge >= 0.3 is 0 Å². The predicted octanol–water partition coefficient (Wildman–Crippen LogP) is 2.10. The lowest BCUT2D eigenvalue weighted by Crippen LogP contribution is -2.39. The first-order valence-corrected chi connectivity index (χ1v) is 6.55. The van der Waals surface area contributed by atoms with Crippen molar-refractivity contribution in [2.24, 2.45) is 5.73 Å². The second kappa shape index (κ2) is 7.01. The highest BCUT2D eigenvalue weighted by atomic mass is 32.1. The fourth-order valence-electron chi connectivity index (χ4n) is 1.61. The second-order valence-corrected chi connectivity index (χ2v) is 5.18. The average molecular weight is 242 g/mol. The topological polar surface area (TPSA) is 38.5 Å². The zero-order valence-corrected chi connectivity index (χ0v) is 11.2. The van der Waals surface area contributed by atoms with Gasteiger partial charge in [-0.15, -0.1) is 11.3 Å². The molecule has 0 amide bonds. The van der Waals surface area contributed by atoms with Crippen LogP contribution in [0.2, 0.25) is 0 Å². The summed E-state index contributed by atoms with van der Waals surface area (Å²) in [5.74, 6) is 0. The van der Waals surface area contributed by atoms with Gasteiger partial charge < -0.3 is 10.5 Å². The molecule has 92 valence electrons. The number of thiophene rings is 1. The molecule has 0 bridgehead atoms. The van der Waals surface area contributed by atoms with Gasteiger partial charge in [-0.3, -0.25) is 4.90 Å². The van der Waals surface area contributed by atoms with E-state index in [0.29, 0.717) is 6.04 Å². The minimum Gasteiger partial charge on any atom is -0.383 e. The van der Waals surface area contributed by atoms with E-state index < -0.39 is 0 Å². The molecular formula is C12H22N2OS. The van der Waals surface area contributed by atoms with Crippen molar-refractivity contribution >= 4 is 11.3 Å². The molecule has 4 heteroatoms. The summed E-state index contributed by atoms with van der Waals surface area (Å²) in [6.07, 6.45) is 0. The molecule has 1 aromatic heterocycles. The molecule has 0 aliphatic rings. The molecule has 2 N–H and O–H groups in total. The van der Waals surface area contributed by atoms with E-state index in [2.05, 4.69) is 36.3 Å². The molecule has 1 atom stereocenters. The molecule has 0 aromatic carbocycles. The zero-order chi connectivity index (χ0) is 12.0. The van der Waals surface area contributed by atoms with E-state index in [1.54, 1.807) is 18.4 Å². The Balaban J connectivity index is 2.47. The lowest BCUT2D eigenvalue weighted by atomic mass is 10.2. The summed E-state index contributed by atoms with van der Waals surface area (Å²) >= 11 is 1.73. The lowest BCUT2D eigenvalue weighted by molar-refractivity contribution is 0.125. The molecular weight excluding hydrogens is 220 g/mol. The van der Waals surface area contributed by atoms with Gasteiger partial charge in [-0.25, -0.2) is 0 Å². The minimum atomic E-state index is 0.110. The number of hydrogen-bond acceptors (Lipinski definition) is 4. The maximum absolute atomic E-state index is 6.18. The summed E-state index contributed by atoms with van der Waals surface area (Å²) in [5.41, 5.74) is 6.18. The van der Waals surface area contributed by atoms with Crippen LogP contribution >= 0.6 is 11.3 Å². The van der Waals surface area contributed by atoms with Crippen molar-refractivity contribution in [3.8, 4) is 0 Å². The summed E-state index contributed by atoms with van der Waals surface area (Å²) in [6, 6.07) is 4.76. The molecule has 0 spiro atoms. The van der Waals surface area contributed by atoms with Gasteiger partial charge in [-0.05, 0) is 25.3 Å². The Morgan fingerprint density at radius 2 is 2.25 bits per heavy atom. The highest BCUT2D eigenvalue weighted by molar-refractivity contribution is 7.10. The summed E-state index contributed by atoms with van der Waals surface area (Å²) in [7, 11) is 1.73. The second-order valence-electron chi connectivity index (χ2n) is 4.20. The maximum Gasteiger partial charge on any atom is 0.0589 e. The molecule has 1 rings (SSSR count). The predicted molar refractivity (Wildman–Crippen MR) is 69.8 cm³/mol. The number of nitrogens with two attached hydrogens (primary N) is 1. The normalized spacial score (nSPS) is 13.6. The van der Waals surface area contributed by atoms with Crippen LogP contribution in [0.25, 0.3) is 0 Å². The van der Waals surface area contributed by atoms with Crippen molar-refractivity contribution < 1.29 is 4.74 Å². The highest BCUT2D eigenvalue weighted by Gasteiger charge is 2.15. The van der Waals surface area contributed by atoms with E-state index in [9.17, 15) is 0 Å². The van der Waals surface area contributed by atoms with Crippen LogP contribution in [0.15, 0.2) is 17.5 Å². The Morgan fingerprint density at radius 1 is 1.50 bits per heavy atom. The van der Waals surface area contributed by atoms with Crippen molar-refractivity contribution in [2.75, 3.05) is 26.8 Å². The Labute approximate surface area is 102 Å². The highest BCUT2D eigenvalue weighted by Crippen LogP contribution is 2.18. The minimum absolute atomic E-state index is 0.110. The van der Waals surface area contributed by atoms with Gasteiger partial charge in [0.2, 0.25) is 0 Å². The Bertz CT molecular complexity index is 275.